The van der Waals surface area contributed by atoms with Gasteiger partial charge in [0.05, 0.1) is 11.8 Å². The summed E-state index contributed by atoms with van der Waals surface area (Å²) >= 11 is 0. The maximum atomic E-state index is 4.47. The van der Waals surface area contributed by atoms with Gasteiger partial charge in [0.2, 0.25) is 0 Å². The van der Waals surface area contributed by atoms with Crippen LogP contribution < -0.4 is 5.32 Å². The van der Waals surface area contributed by atoms with Gasteiger partial charge in [-0.1, -0.05) is 13.8 Å². The van der Waals surface area contributed by atoms with Gasteiger partial charge in [0.1, 0.15) is 5.52 Å². The molecule has 5 heteroatoms. The van der Waals surface area contributed by atoms with E-state index in [0.717, 1.165) is 29.8 Å². The zero-order chi connectivity index (χ0) is 14.7. The van der Waals surface area contributed by atoms with Gasteiger partial charge in [0.15, 0.2) is 5.82 Å². The standard InChI is InChI=1S/C15H25N5/c1-11(2)8-12(9-19(3)4)18-15-14-13(6-7-16-15)20(5)10-17-14/h6-7,10-12H,8-9H2,1-5H3,(H,16,18). The Morgan fingerprint density at radius 3 is 2.70 bits per heavy atom. The van der Waals surface area contributed by atoms with Crippen LogP contribution in [0.4, 0.5) is 5.82 Å². The number of aromatic nitrogens is 3. The normalized spacial score (nSPS) is 13.3. The fourth-order valence-corrected chi connectivity index (χ4v) is 2.55. The highest BCUT2D eigenvalue weighted by Crippen LogP contribution is 2.20. The molecule has 110 valence electrons. The number of pyridine rings is 1. The molecule has 2 aromatic heterocycles. The summed E-state index contributed by atoms with van der Waals surface area (Å²) in [6, 6.07) is 2.38. The van der Waals surface area contributed by atoms with Crippen LogP contribution >= 0.6 is 0 Å². The monoisotopic (exact) mass is 275 g/mol. The molecule has 0 spiro atoms. The molecule has 0 aliphatic carbocycles. The van der Waals surface area contributed by atoms with Gasteiger partial charge in [-0.2, -0.15) is 0 Å². The molecule has 0 amide bonds. The van der Waals surface area contributed by atoms with E-state index in [2.05, 4.69) is 48.1 Å². The van der Waals surface area contributed by atoms with Gasteiger partial charge in [-0.15, -0.1) is 0 Å². The van der Waals surface area contributed by atoms with Crippen LogP contribution in [-0.4, -0.2) is 46.1 Å². The van der Waals surface area contributed by atoms with Crippen molar-refractivity contribution >= 4 is 16.9 Å². The van der Waals surface area contributed by atoms with Crippen LogP contribution in [0.15, 0.2) is 18.6 Å². The van der Waals surface area contributed by atoms with E-state index >= 15 is 0 Å². The Morgan fingerprint density at radius 1 is 1.30 bits per heavy atom. The first kappa shape index (κ1) is 14.8. The lowest BCUT2D eigenvalue weighted by Crippen LogP contribution is -2.33. The molecule has 5 nitrogen and oxygen atoms in total. The SMILES string of the molecule is CC(C)CC(CN(C)C)Nc1nccc2c1ncn2C. The van der Waals surface area contributed by atoms with Gasteiger partial charge < -0.3 is 14.8 Å². The second kappa shape index (κ2) is 6.22. The molecule has 0 aromatic carbocycles. The summed E-state index contributed by atoms with van der Waals surface area (Å²) in [5.74, 6) is 1.53. The van der Waals surface area contributed by atoms with E-state index in [4.69, 9.17) is 0 Å². The number of likely N-dealkylation sites (N-methyl/N-ethyl adjacent to an activating group) is 1. The lowest BCUT2D eigenvalue weighted by atomic mass is 10.0. The zero-order valence-electron chi connectivity index (χ0n) is 13.1. The van der Waals surface area contributed by atoms with Crippen LogP contribution in [0, 0.1) is 5.92 Å². The quantitative estimate of drug-likeness (QED) is 0.879. The van der Waals surface area contributed by atoms with Crippen molar-refractivity contribution in [3.05, 3.63) is 18.6 Å². The van der Waals surface area contributed by atoms with Crippen LogP contribution in [0.2, 0.25) is 0 Å². The molecule has 2 heterocycles. The summed E-state index contributed by atoms with van der Waals surface area (Å²) in [5.41, 5.74) is 2.05. The van der Waals surface area contributed by atoms with Crippen molar-refractivity contribution < 1.29 is 0 Å². The third kappa shape index (κ3) is 3.48. The van der Waals surface area contributed by atoms with Gasteiger partial charge in [0, 0.05) is 25.8 Å². The first-order valence-corrected chi connectivity index (χ1v) is 7.14. The molecule has 0 fully saturated rings. The molecule has 0 aliphatic heterocycles. The Balaban J connectivity index is 2.23. The molecule has 0 aliphatic rings. The topological polar surface area (TPSA) is 46.0 Å². The molecule has 1 atom stereocenters. The van der Waals surface area contributed by atoms with E-state index in [1.807, 2.05) is 30.2 Å². The summed E-state index contributed by atoms with van der Waals surface area (Å²) in [6.07, 6.45) is 4.79. The van der Waals surface area contributed by atoms with E-state index in [9.17, 15) is 0 Å². The number of fused-ring (bicyclic) bond motifs is 1. The molecular weight excluding hydrogens is 250 g/mol. The molecule has 1 unspecified atom stereocenters. The summed E-state index contributed by atoms with van der Waals surface area (Å²) in [5, 5.41) is 3.57. The fourth-order valence-electron chi connectivity index (χ4n) is 2.55. The Morgan fingerprint density at radius 2 is 2.05 bits per heavy atom. The van der Waals surface area contributed by atoms with Crippen LogP contribution in [-0.2, 0) is 7.05 Å². The number of anilines is 1. The lowest BCUT2D eigenvalue weighted by Gasteiger charge is -2.24. The number of aryl methyl sites for hydroxylation is 1. The highest BCUT2D eigenvalue weighted by Gasteiger charge is 2.15. The average molecular weight is 275 g/mol. The van der Waals surface area contributed by atoms with Crippen molar-refractivity contribution in [2.75, 3.05) is 26.0 Å². The maximum absolute atomic E-state index is 4.47. The summed E-state index contributed by atoms with van der Waals surface area (Å²) in [4.78, 5) is 11.1. The predicted octanol–water partition coefficient (Wildman–Crippen LogP) is 2.36. The molecule has 2 rings (SSSR count). The van der Waals surface area contributed by atoms with Crippen LogP contribution in [0.25, 0.3) is 11.0 Å². The van der Waals surface area contributed by atoms with Gasteiger partial charge in [-0.25, -0.2) is 9.97 Å². The number of nitrogens with zero attached hydrogens (tertiary/aromatic N) is 4. The number of nitrogens with one attached hydrogen (secondary N) is 1. The van der Waals surface area contributed by atoms with Crippen molar-refractivity contribution in [1.29, 1.82) is 0 Å². The third-order valence-electron chi connectivity index (χ3n) is 3.33. The van der Waals surface area contributed by atoms with Crippen molar-refractivity contribution in [2.45, 2.75) is 26.3 Å². The highest BCUT2D eigenvalue weighted by atomic mass is 15.1. The fraction of sp³-hybridized carbons (Fsp3) is 0.600. The maximum Gasteiger partial charge on any atom is 0.154 e. The Bertz CT molecular complexity index is 548. The summed E-state index contributed by atoms with van der Waals surface area (Å²) < 4.78 is 2.02. The second-order valence-electron chi connectivity index (χ2n) is 6.12. The number of hydrogen-bond acceptors (Lipinski definition) is 4. The van der Waals surface area contributed by atoms with E-state index < -0.39 is 0 Å². The molecular formula is C15H25N5. The van der Waals surface area contributed by atoms with Gasteiger partial charge in [0.25, 0.3) is 0 Å². The van der Waals surface area contributed by atoms with E-state index in [1.165, 1.54) is 0 Å². The Labute approximate surface area is 121 Å². The molecule has 0 bridgehead atoms. The van der Waals surface area contributed by atoms with E-state index in [-0.39, 0.29) is 0 Å². The van der Waals surface area contributed by atoms with Crippen molar-refractivity contribution in [3.63, 3.8) is 0 Å². The molecule has 2 aromatic rings. The molecule has 0 saturated heterocycles. The smallest absolute Gasteiger partial charge is 0.154 e. The van der Waals surface area contributed by atoms with Crippen molar-refractivity contribution in [1.82, 2.24) is 19.4 Å². The van der Waals surface area contributed by atoms with E-state index in [1.54, 1.807) is 0 Å². The number of imidazole rings is 1. The molecule has 0 radical (unpaired) electrons. The molecule has 1 N–H and O–H groups in total. The van der Waals surface area contributed by atoms with Crippen molar-refractivity contribution in [2.24, 2.45) is 13.0 Å². The zero-order valence-corrected chi connectivity index (χ0v) is 13.1. The largest absolute Gasteiger partial charge is 0.364 e. The number of rotatable bonds is 6. The summed E-state index contributed by atoms with van der Waals surface area (Å²) in [6.45, 7) is 5.49. The minimum absolute atomic E-state index is 0.380. The highest BCUT2D eigenvalue weighted by molar-refractivity contribution is 5.85. The average Bonchev–Trinajstić information content (AvgIpc) is 2.71. The third-order valence-corrected chi connectivity index (χ3v) is 3.33. The van der Waals surface area contributed by atoms with Crippen molar-refractivity contribution in [3.8, 4) is 0 Å². The van der Waals surface area contributed by atoms with Gasteiger partial charge in [-0.05, 0) is 32.5 Å². The minimum Gasteiger partial charge on any atom is -0.364 e. The minimum atomic E-state index is 0.380. The first-order chi connectivity index (χ1) is 9.47. The first-order valence-electron chi connectivity index (χ1n) is 7.14. The van der Waals surface area contributed by atoms with Gasteiger partial charge in [-0.3, -0.25) is 0 Å². The molecule has 20 heavy (non-hydrogen) atoms. The van der Waals surface area contributed by atoms with Crippen LogP contribution in [0.5, 0.6) is 0 Å². The second-order valence-corrected chi connectivity index (χ2v) is 6.12. The van der Waals surface area contributed by atoms with E-state index in [0.29, 0.717) is 12.0 Å². The Hall–Kier alpha value is -1.62. The van der Waals surface area contributed by atoms with Crippen LogP contribution in [0.3, 0.4) is 0 Å². The number of hydrogen-bond donors (Lipinski definition) is 1. The lowest BCUT2D eigenvalue weighted by molar-refractivity contribution is 0.356. The van der Waals surface area contributed by atoms with Gasteiger partial charge >= 0.3 is 0 Å². The predicted molar refractivity (Wildman–Crippen MR) is 83.9 cm³/mol. The Kier molecular flexibility index (Phi) is 4.60. The molecule has 0 saturated carbocycles. The summed E-state index contributed by atoms with van der Waals surface area (Å²) in [7, 11) is 6.21. The van der Waals surface area contributed by atoms with Crippen LogP contribution in [0.1, 0.15) is 20.3 Å².